The number of fused-ring (bicyclic) bond motifs is 7. The van der Waals surface area contributed by atoms with E-state index < -0.39 is 0 Å². The molecule has 0 saturated heterocycles. The van der Waals surface area contributed by atoms with Gasteiger partial charge in [0.1, 0.15) is 6.10 Å². The molecule has 1 N–H and O–H groups in total. The zero-order valence-corrected chi connectivity index (χ0v) is 23.7. The van der Waals surface area contributed by atoms with E-state index in [4.69, 9.17) is 4.74 Å². The van der Waals surface area contributed by atoms with Gasteiger partial charge < -0.3 is 9.84 Å². The Morgan fingerprint density at radius 2 is 1.57 bits per heavy atom. The Hall–Kier alpha value is -0.830. The molecule has 0 unspecified atom stereocenters. The van der Waals surface area contributed by atoms with E-state index in [0.717, 1.165) is 12.3 Å². The van der Waals surface area contributed by atoms with Crippen molar-refractivity contribution in [2.75, 3.05) is 6.61 Å². The minimum Gasteiger partial charge on any atom is -0.462 e. The van der Waals surface area contributed by atoms with Gasteiger partial charge in [0.2, 0.25) is 0 Å². The lowest BCUT2D eigenvalue weighted by Crippen LogP contribution is -2.67. The highest BCUT2D eigenvalue weighted by Gasteiger charge is 2.71. The molecule has 0 aromatic rings. The van der Waals surface area contributed by atoms with Crippen LogP contribution in [0.2, 0.25) is 0 Å². The summed E-state index contributed by atoms with van der Waals surface area (Å²) < 4.78 is 5.90. The molecular formula is C32H52O3. The lowest BCUT2D eigenvalue weighted by atomic mass is 9.32. The Kier molecular flexibility index (Phi) is 5.96. The van der Waals surface area contributed by atoms with Crippen LogP contribution in [-0.4, -0.2) is 23.8 Å². The van der Waals surface area contributed by atoms with E-state index in [1.807, 2.05) is 0 Å². The Labute approximate surface area is 214 Å². The Morgan fingerprint density at radius 3 is 2.20 bits per heavy atom. The summed E-state index contributed by atoms with van der Waals surface area (Å²) in [5.74, 6) is 3.07. The summed E-state index contributed by atoms with van der Waals surface area (Å²) in [6, 6.07) is 0. The summed E-state index contributed by atoms with van der Waals surface area (Å²) in [6.45, 7) is 21.3. The number of carbonyl (C=O) groups excluding carboxylic acids is 1. The molecule has 0 aliphatic heterocycles. The maximum absolute atomic E-state index is 11.9. The van der Waals surface area contributed by atoms with Gasteiger partial charge >= 0.3 is 5.97 Å². The zero-order valence-electron chi connectivity index (χ0n) is 23.7. The van der Waals surface area contributed by atoms with E-state index in [1.165, 1.54) is 63.4 Å². The van der Waals surface area contributed by atoms with E-state index in [9.17, 15) is 9.90 Å². The first-order chi connectivity index (χ1) is 16.3. The highest BCUT2D eigenvalue weighted by atomic mass is 16.5. The normalized spacial score (nSPS) is 52.5. The quantitative estimate of drug-likeness (QED) is 0.332. The molecule has 0 spiro atoms. The third-order valence-electron chi connectivity index (χ3n) is 13.8. The first-order valence-corrected chi connectivity index (χ1v) is 14.7. The molecule has 3 nitrogen and oxygen atoms in total. The first-order valence-electron chi connectivity index (χ1n) is 14.7. The van der Waals surface area contributed by atoms with Crippen LogP contribution in [0.4, 0.5) is 0 Å². The molecule has 0 aromatic carbocycles. The van der Waals surface area contributed by atoms with Crippen LogP contribution in [0.25, 0.3) is 0 Å². The second kappa shape index (κ2) is 8.08. The van der Waals surface area contributed by atoms with Gasteiger partial charge in [-0.1, -0.05) is 46.8 Å². The average Bonchev–Trinajstić information content (AvgIpc) is 3.16. The molecule has 0 bridgehead atoms. The van der Waals surface area contributed by atoms with Crippen LogP contribution in [0.1, 0.15) is 113 Å². The van der Waals surface area contributed by atoms with Crippen molar-refractivity contribution in [1.82, 2.24) is 0 Å². The molecule has 0 heterocycles. The second-order valence-electron chi connectivity index (χ2n) is 15.2. The predicted octanol–water partition coefficient (Wildman–Crippen LogP) is 7.57. The standard InChI is InChI=1S/C32H52O3/c1-20(2)22-11-16-32(19-33)18-17-30(7)23(27(22)32)9-10-25-29(6)14-13-26(35-21(3)34)28(4,5)24(29)12-15-31(25,30)8/h22-27,33H,1,9-19H2,2-8H3/t22-,23+,24+,25+,26-,27+,29-,30+,31+,32+/m0/s1. The van der Waals surface area contributed by atoms with Gasteiger partial charge in [-0.15, -0.1) is 0 Å². The molecule has 0 amide bonds. The number of esters is 1. The van der Waals surface area contributed by atoms with Crippen LogP contribution >= 0.6 is 0 Å². The lowest BCUT2D eigenvalue weighted by molar-refractivity contribution is -0.251. The van der Waals surface area contributed by atoms with Crippen LogP contribution in [0.15, 0.2) is 12.2 Å². The number of hydrogen-bond acceptors (Lipinski definition) is 3. The van der Waals surface area contributed by atoms with Crippen molar-refractivity contribution in [1.29, 1.82) is 0 Å². The van der Waals surface area contributed by atoms with E-state index in [-0.39, 0.29) is 22.9 Å². The maximum Gasteiger partial charge on any atom is 0.302 e. The summed E-state index contributed by atoms with van der Waals surface area (Å²) >= 11 is 0. The van der Waals surface area contributed by atoms with Crippen molar-refractivity contribution >= 4 is 5.97 Å². The highest BCUT2D eigenvalue weighted by Crippen LogP contribution is 2.77. The van der Waals surface area contributed by atoms with Crippen LogP contribution in [-0.2, 0) is 9.53 Å². The number of aliphatic hydroxyl groups excluding tert-OH is 1. The van der Waals surface area contributed by atoms with E-state index in [0.29, 0.717) is 46.5 Å². The molecule has 5 aliphatic carbocycles. The van der Waals surface area contributed by atoms with Gasteiger partial charge in [0.25, 0.3) is 0 Å². The number of carbonyl (C=O) groups is 1. The average molecular weight is 485 g/mol. The molecule has 3 heteroatoms. The molecule has 198 valence electrons. The number of ether oxygens (including phenoxy) is 1. The number of rotatable bonds is 3. The fourth-order valence-electron chi connectivity index (χ4n) is 11.9. The molecule has 5 aliphatic rings. The summed E-state index contributed by atoms with van der Waals surface area (Å²) in [4.78, 5) is 11.9. The van der Waals surface area contributed by atoms with Crippen molar-refractivity contribution in [3.8, 4) is 0 Å². The third kappa shape index (κ3) is 3.28. The minimum absolute atomic E-state index is 0.0207. The van der Waals surface area contributed by atoms with Gasteiger partial charge in [-0.2, -0.15) is 0 Å². The van der Waals surface area contributed by atoms with E-state index in [1.54, 1.807) is 6.92 Å². The van der Waals surface area contributed by atoms with E-state index in [2.05, 4.69) is 48.1 Å². The molecule has 0 radical (unpaired) electrons. The van der Waals surface area contributed by atoms with Crippen molar-refractivity contribution in [3.63, 3.8) is 0 Å². The zero-order chi connectivity index (χ0) is 25.6. The largest absolute Gasteiger partial charge is 0.462 e. The van der Waals surface area contributed by atoms with Crippen LogP contribution in [0.3, 0.4) is 0 Å². The topological polar surface area (TPSA) is 46.5 Å². The van der Waals surface area contributed by atoms with Gasteiger partial charge in [-0.25, -0.2) is 0 Å². The number of hydrogen-bond donors (Lipinski definition) is 1. The minimum atomic E-state index is -0.126. The molecular weight excluding hydrogens is 432 g/mol. The third-order valence-corrected chi connectivity index (χ3v) is 13.8. The van der Waals surface area contributed by atoms with Crippen molar-refractivity contribution in [2.45, 2.75) is 119 Å². The Balaban J connectivity index is 1.51. The number of allylic oxidation sites excluding steroid dienone is 1. The lowest BCUT2D eigenvalue weighted by Gasteiger charge is -2.73. The van der Waals surface area contributed by atoms with Crippen LogP contribution in [0.5, 0.6) is 0 Å². The predicted molar refractivity (Wildman–Crippen MR) is 142 cm³/mol. The van der Waals surface area contributed by atoms with E-state index >= 15 is 0 Å². The van der Waals surface area contributed by atoms with Gasteiger partial charge in [-0.3, -0.25) is 4.79 Å². The number of aliphatic hydroxyl groups is 1. The van der Waals surface area contributed by atoms with Gasteiger partial charge in [0.05, 0.1) is 0 Å². The van der Waals surface area contributed by atoms with Crippen molar-refractivity contribution in [2.24, 2.45) is 56.7 Å². The Morgan fingerprint density at radius 1 is 0.857 bits per heavy atom. The summed E-state index contributed by atoms with van der Waals surface area (Å²) in [5, 5.41) is 10.7. The van der Waals surface area contributed by atoms with Crippen LogP contribution in [0, 0.1) is 56.7 Å². The molecule has 5 saturated carbocycles. The fourth-order valence-corrected chi connectivity index (χ4v) is 11.9. The highest BCUT2D eigenvalue weighted by molar-refractivity contribution is 5.66. The molecule has 0 aromatic heterocycles. The SMILES string of the molecule is C=C(C)[C@@H]1CC[C@]2(CO)CC[C@]3(C)[C@H](CC[C@@H]4[C@@]5(C)CC[C@H](OC(C)=O)C(C)(C)[C@H]5CC[C@]43C)[C@@H]12. The first kappa shape index (κ1) is 25.8. The smallest absolute Gasteiger partial charge is 0.302 e. The summed E-state index contributed by atoms with van der Waals surface area (Å²) in [6.07, 6.45) is 12.2. The summed E-state index contributed by atoms with van der Waals surface area (Å²) in [5.41, 5.74) is 2.45. The monoisotopic (exact) mass is 484 g/mol. The Bertz CT molecular complexity index is 891. The molecule has 5 rings (SSSR count). The molecule has 10 atom stereocenters. The summed E-state index contributed by atoms with van der Waals surface area (Å²) in [7, 11) is 0. The van der Waals surface area contributed by atoms with Gasteiger partial charge in [-0.05, 0) is 122 Å². The van der Waals surface area contributed by atoms with Crippen molar-refractivity contribution < 1.29 is 14.6 Å². The molecule has 35 heavy (non-hydrogen) atoms. The van der Waals surface area contributed by atoms with Gasteiger partial charge in [0, 0.05) is 18.9 Å². The van der Waals surface area contributed by atoms with Crippen LogP contribution < -0.4 is 0 Å². The fraction of sp³-hybridized carbons (Fsp3) is 0.906. The van der Waals surface area contributed by atoms with Gasteiger partial charge in [0.15, 0.2) is 0 Å². The molecule has 5 fully saturated rings. The second-order valence-corrected chi connectivity index (χ2v) is 15.2. The van der Waals surface area contributed by atoms with Crippen molar-refractivity contribution in [3.05, 3.63) is 12.2 Å². The maximum atomic E-state index is 11.9.